The van der Waals surface area contributed by atoms with Crippen LogP contribution in [0.5, 0.6) is 0 Å². The number of nitrogens with zero attached hydrogens (tertiary/aromatic N) is 3. The van der Waals surface area contributed by atoms with Gasteiger partial charge in [-0.2, -0.15) is 5.10 Å². The van der Waals surface area contributed by atoms with Gasteiger partial charge < -0.3 is 5.32 Å². The van der Waals surface area contributed by atoms with Crippen molar-refractivity contribution in [1.82, 2.24) is 20.0 Å². The number of hydrogen-bond donors (Lipinski definition) is 1. The second kappa shape index (κ2) is 7.30. The van der Waals surface area contributed by atoms with Gasteiger partial charge in [-0.05, 0) is 44.1 Å². The molecule has 2 aliphatic rings. The van der Waals surface area contributed by atoms with Gasteiger partial charge in [-0.15, -0.1) is 11.3 Å². The second-order valence-corrected chi connectivity index (χ2v) is 10.9. The highest BCUT2D eigenvalue weighted by Gasteiger charge is 2.47. The van der Waals surface area contributed by atoms with Crippen LogP contribution in [0.4, 0.5) is 8.78 Å². The molecule has 160 valence electrons. The average Bonchev–Trinajstić information content (AvgIpc) is 3.14. The fourth-order valence-electron chi connectivity index (χ4n) is 4.43. The third kappa shape index (κ3) is 4.48. The molecular weight excluding hydrogens is 394 g/mol. The first-order valence-corrected chi connectivity index (χ1v) is 11.2. The quantitative estimate of drug-likeness (QED) is 0.789. The Morgan fingerprint density at radius 1 is 1.28 bits per heavy atom. The van der Waals surface area contributed by atoms with Crippen molar-refractivity contribution in [3.63, 3.8) is 0 Å². The van der Waals surface area contributed by atoms with Crippen LogP contribution in [0.3, 0.4) is 0 Å². The first-order chi connectivity index (χ1) is 13.5. The van der Waals surface area contributed by atoms with Crippen molar-refractivity contribution in [3.05, 3.63) is 16.6 Å². The molecule has 1 saturated heterocycles. The lowest BCUT2D eigenvalue weighted by atomic mass is 9.88. The lowest BCUT2D eigenvalue weighted by Crippen LogP contribution is -2.60. The number of alkyl halides is 2. The molecular formula is C21H30F2N4OS. The number of amides is 1. The molecule has 0 atom stereocenters. The maximum atomic E-state index is 13.1. The largest absolute Gasteiger partial charge is 0.349 e. The van der Waals surface area contributed by atoms with E-state index in [4.69, 9.17) is 0 Å². The number of carbonyl (C=O) groups excluding carboxylic acids is 1. The number of rotatable bonds is 4. The summed E-state index contributed by atoms with van der Waals surface area (Å²) in [5.74, 6) is -2.54. The zero-order chi connectivity index (χ0) is 21.0. The van der Waals surface area contributed by atoms with Crippen LogP contribution in [-0.2, 0) is 6.54 Å². The molecule has 0 radical (unpaired) electrons. The second-order valence-electron chi connectivity index (χ2n) is 9.87. The monoisotopic (exact) mass is 424 g/mol. The minimum atomic E-state index is -2.51. The van der Waals surface area contributed by atoms with Gasteiger partial charge >= 0.3 is 0 Å². The average molecular weight is 425 g/mol. The van der Waals surface area contributed by atoms with Gasteiger partial charge in [0, 0.05) is 24.0 Å². The van der Waals surface area contributed by atoms with E-state index in [1.165, 1.54) is 11.3 Å². The summed E-state index contributed by atoms with van der Waals surface area (Å²) in [7, 11) is 0. The lowest BCUT2D eigenvalue weighted by Gasteiger charge is -2.46. The first-order valence-electron chi connectivity index (χ1n) is 10.4. The summed E-state index contributed by atoms with van der Waals surface area (Å²) in [5.41, 5.74) is 1.06. The standard InChI is InChI=1S/C21H30F2N4OS/c1-13-16-9-17(29-19(16)27(25-13)10-20(2,3)4)18(28)24-14-5-7-15(8-6-14)26-11-21(22,23)12-26/h9,14-15H,5-8,10-12H2,1-4H3,(H,24,28). The molecule has 3 heterocycles. The molecule has 1 aliphatic carbocycles. The first kappa shape index (κ1) is 20.7. The molecule has 2 aromatic rings. The molecule has 0 bridgehead atoms. The number of nitrogens with one attached hydrogen (secondary N) is 1. The number of hydrogen-bond acceptors (Lipinski definition) is 4. The Morgan fingerprint density at radius 2 is 1.93 bits per heavy atom. The predicted molar refractivity (Wildman–Crippen MR) is 112 cm³/mol. The molecule has 1 N–H and O–H groups in total. The molecule has 1 aliphatic heterocycles. The van der Waals surface area contributed by atoms with Crippen molar-refractivity contribution in [1.29, 1.82) is 0 Å². The Balaban J connectivity index is 1.37. The zero-order valence-electron chi connectivity index (χ0n) is 17.6. The molecule has 2 fully saturated rings. The highest BCUT2D eigenvalue weighted by molar-refractivity contribution is 7.20. The number of carbonyl (C=O) groups is 1. The van der Waals surface area contributed by atoms with Crippen molar-refractivity contribution in [2.24, 2.45) is 5.41 Å². The highest BCUT2D eigenvalue weighted by atomic mass is 32.1. The van der Waals surface area contributed by atoms with Crippen LogP contribution in [0.25, 0.3) is 10.2 Å². The van der Waals surface area contributed by atoms with E-state index >= 15 is 0 Å². The fourth-order valence-corrected chi connectivity index (χ4v) is 5.49. The molecule has 1 saturated carbocycles. The molecule has 1 amide bonds. The molecule has 8 heteroatoms. The van der Waals surface area contributed by atoms with E-state index in [1.807, 2.05) is 22.6 Å². The van der Waals surface area contributed by atoms with E-state index in [9.17, 15) is 13.6 Å². The van der Waals surface area contributed by atoms with Gasteiger partial charge in [0.2, 0.25) is 0 Å². The molecule has 0 unspecified atom stereocenters. The summed E-state index contributed by atoms with van der Waals surface area (Å²) in [5, 5.41) is 8.85. The zero-order valence-corrected chi connectivity index (χ0v) is 18.4. The van der Waals surface area contributed by atoms with Gasteiger partial charge in [0.15, 0.2) is 0 Å². The van der Waals surface area contributed by atoms with E-state index in [1.54, 1.807) is 0 Å². The topological polar surface area (TPSA) is 50.2 Å². The number of fused-ring (bicyclic) bond motifs is 1. The minimum Gasteiger partial charge on any atom is -0.349 e. The molecule has 0 aromatic carbocycles. The van der Waals surface area contributed by atoms with Crippen LogP contribution in [0.2, 0.25) is 0 Å². The minimum absolute atomic E-state index is 0.0353. The molecule has 2 aromatic heterocycles. The van der Waals surface area contributed by atoms with Gasteiger partial charge in [-0.3, -0.25) is 14.4 Å². The SMILES string of the molecule is Cc1nn(CC(C)(C)C)c2sc(C(=O)NC3CCC(N4CC(F)(F)C4)CC3)cc12. The van der Waals surface area contributed by atoms with E-state index in [0.29, 0.717) is 4.88 Å². The number of likely N-dealkylation sites (tertiary alicyclic amines) is 1. The third-order valence-electron chi connectivity index (χ3n) is 5.87. The predicted octanol–water partition coefficient (Wildman–Crippen LogP) is 4.44. The van der Waals surface area contributed by atoms with Crippen molar-refractivity contribution >= 4 is 27.5 Å². The summed E-state index contributed by atoms with van der Waals surface area (Å²) in [6.07, 6.45) is 3.43. The molecule has 29 heavy (non-hydrogen) atoms. The Hall–Kier alpha value is -1.54. The van der Waals surface area contributed by atoms with Crippen molar-refractivity contribution in [2.45, 2.75) is 77.9 Å². The van der Waals surface area contributed by atoms with E-state index in [0.717, 1.165) is 48.1 Å². The van der Waals surface area contributed by atoms with E-state index in [-0.39, 0.29) is 36.5 Å². The maximum Gasteiger partial charge on any atom is 0.272 e. The number of aryl methyl sites for hydroxylation is 1. The smallest absolute Gasteiger partial charge is 0.272 e. The summed E-state index contributed by atoms with van der Waals surface area (Å²) in [6.45, 7) is 9.09. The van der Waals surface area contributed by atoms with Gasteiger partial charge in [0.25, 0.3) is 11.8 Å². The van der Waals surface area contributed by atoms with Crippen molar-refractivity contribution in [2.75, 3.05) is 13.1 Å². The number of thiophene rings is 1. The van der Waals surface area contributed by atoms with Gasteiger partial charge in [-0.25, -0.2) is 8.78 Å². The van der Waals surface area contributed by atoms with E-state index < -0.39 is 5.92 Å². The van der Waals surface area contributed by atoms with Crippen LogP contribution in [0.15, 0.2) is 6.07 Å². The molecule has 4 rings (SSSR count). The summed E-state index contributed by atoms with van der Waals surface area (Å²) >= 11 is 1.50. The van der Waals surface area contributed by atoms with Gasteiger partial charge in [0.05, 0.1) is 23.7 Å². The van der Waals surface area contributed by atoms with Crippen LogP contribution in [-0.4, -0.2) is 51.7 Å². The van der Waals surface area contributed by atoms with Crippen LogP contribution in [0, 0.1) is 12.3 Å². The van der Waals surface area contributed by atoms with Crippen molar-refractivity contribution < 1.29 is 13.6 Å². The normalized spacial score (nSPS) is 25.2. The summed E-state index contributed by atoms with van der Waals surface area (Å²) in [4.78, 5) is 16.5. The third-order valence-corrected chi connectivity index (χ3v) is 7.02. The number of aromatic nitrogens is 2. The van der Waals surface area contributed by atoms with Crippen LogP contribution >= 0.6 is 11.3 Å². The van der Waals surface area contributed by atoms with E-state index in [2.05, 4.69) is 31.2 Å². The maximum absolute atomic E-state index is 13.1. The number of halogens is 2. The Labute approximate surface area is 174 Å². The van der Waals surface area contributed by atoms with Gasteiger partial charge in [-0.1, -0.05) is 20.8 Å². The molecule has 5 nitrogen and oxygen atoms in total. The fraction of sp³-hybridized carbons (Fsp3) is 0.714. The lowest BCUT2D eigenvalue weighted by molar-refractivity contribution is -0.150. The molecule has 0 spiro atoms. The van der Waals surface area contributed by atoms with Crippen LogP contribution < -0.4 is 5.32 Å². The highest BCUT2D eigenvalue weighted by Crippen LogP contribution is 2.34. The van der Waals surface area contributed by atoms with Gasteiger partial charge in [0.1, 0.15) is 4.83 Å². The Kier molecular flexibility index (Phi) is 5.22. The van der Waals surface area contributed by atoms with Crippen molar-refractivity contribution in [3.8, 4) is 0 Å². The Morgan fingerprint density at radius 3 is 2.52 bits per heavy atom. The summed E-state index contributed by atoms with van der Waals surface area (Å²) < 4.78 is 28.2. The van der Waals surface area contributed by atoms with Crippen LogP contribution in [0.1, 0.15) is 61.8 Å². The summed E-state index contributed by atoms with van der Waals surface area (Å²) in [6, 6.07) is 2.31. The Bertz CT molecular complexity index is 898.